The molecule has 2 rings (SSSR count). The van der Waals surface area contributed by atoms with E-state index in [1.54, 1.807) is 13.2 Å². The van der Waals surface area contributed by atoms with Crippen LogP contribution in [0.2, 0.25) is 0 Å². The van der Waals surface area contributed by atoms with Crippen molar-refractivity contribution in [3.05, 3.63) is 40.8 Å². The molecule has 1 aromatic heterocycles. The molecule has 0 aliphatic rings. The van der Waals surface area contributed by atoms with Gasteiger partial charge in [0, 0.05) is 6.07 Å². The third-order valence-corrected chi connectivity index (χ3v) is 2.63. The Balaban J connectivity index is 2.22. The van der Waals surface area contributed by atoms with Gasteiger partial charge in [0.25, 0.3) is 0 Å². The van der Waals surface area contributed by atoms with E-state index in [4.69, 9.17) is 9.47 Å². The van der Waals surface area contributed by atoms with Crippen LogP contribution in [0.5, 0.6) is 17.4 Å². The van der Waals surface area contributed by atoms with Gasteiger partial charge in [-0.3, -0.25) is 0 Å². The summed E-state index contributed by atoms with van der Waals surface area (Å²) in [6.07, 6.45) is 1.44. The van der Waals surface area contributed by atoms with E-state index >= 15 is 0 Å². The summed E-state index contributed by atoms with van der Waals surface area (Å²) < 4.78 is 11.5. The van der Waals surface area contributed by atoms with Crippen LogP contribution in [0, 0.1) is 6.92 Å². The zero-order valence-electron chi connectivity index (χ0n) is 9.48. The summed E-state index contributed by atoms with van der Waals surface area (Å²) >= 11 is 3.26. The zero-order chi connectivity index (χ0) is 12.3. The largest absolute Gasteiger partial charge is 0.496 e. The highest BCUT2D eigenvalue weighted by molar-refractivity contribution is 9.10. The first-order valence-electron chi connectivity index (χ1n) is 4.99. The number of hydrogen-bond donors (Lipinski definition) is 0. The Bertz CT molecular complexity index is 532. The van der Waals surface area contributed by atoms with Gasteiger partial charge in [0.1, 0.15) is 22.4 Å². The fourth-order valence-electron chi connectivity index (χ4n) is 1.41. The molecule has 0 N–H and O–H groups in total. The summed E-state index contributed by atoms with van der Waals surface area (Å²) in [6.45, 7) is 1.96. The molecule has 0 spiro atoms. The summed E-state index contributed by atoms with van der Waals surface area (Å²) in [4.78, 5) is 7.94. The molecule has 1 aromatic carbocycles. The first kappa shape index (κ1) is 11.9. The number of aryl methyl sites for hydroxylation is 1. The normalized spacial score (nSPS) is 10.1. The molecule has 2 aromatic rings. The Hall–Kier alpha value is -1.62. The van der Waals surface area contributed by atoms with Crippen molar-refractivity contribution >= 4 is 15.9 Å². The topological polar surface area (TPSA) is 44.2 Å². The molecule has 0 saturated carbocycles. The lowest BCUT2D eigenvalue weighted by molar-refractivity contribution is 0.408. The second-order valence-corrected chi connectivity index (χ2v) is 4.22. The highest BCUT2D eigenvalue weighted by Gasteiger charge is 2.03. The van der Waals surface area contributed by atoms with Crippen LogP contribution in [0.25, 0.3) is 0 Å². The average Bonchev–Trinajstić information content (AvgIpc) is 2.29. The van der Waals surface area contributed by atoms with E-state index in [-0.39, 0.29) is 0 Å². The molecule has 0 unspecified atom stereocenters. The molecule has 0 fully saturated rings. The van der Waals surface area contributed by atoms with Crippen molar-refractivity contribution in [2.24, 2.45) is 0 Å². The third kappa shape index (κ3) is 2.94. The summed E-state index contributed by atoms with van der Waals surface area (Å²) in [7, 11) is 1.64. The smallest absolute Gasteiger partial charge is 0.223 e. The van der Waals surface area contributed by atoms with Crippen molar-refractivity contribution in [3.63, 3.8) is 0 Å². The standard InChI is InChI=1S/C12H11BrN2O2/c1-8-5-9(3-4-10(8)16-2)17-12-6-11(13)14-7-15-12/h3-7H,1-2H3. The molecule has 88 valence electrons. The van der Waals surface area contributed by atoms with Gasteiger partial charge in [0.2, 0.25) is 5.88 Å². The molecule has 5 heteroatoms. The van der Waals surface area contributed by atoms with E-state index in [1.807, 2.05) is 25.1 Å². The Kier molecular flexibility index (Phi) is 3.58. The highest BCUT2D eigenvalue weighted by Crippen LogP contribution is 2.26. The quantitative estimate of drug-likeness (QED) is 0.815. The molecule has 0 radical (unpaired) electrons. The third-order valence-electron chi connectivity index (χ3n) is 2.20. The first-order chi connectivity index (χ1) is 8.19. The number of halogens is 1. The van der Waals surface area contributed by atoms with Crippen molar-refractivity contribution < 1.29 is 9.47 Å². The highest BCUT2D eigenvalue weighted by atomic mass is 79.9. The van der Waals surface area contributed by atoms with Crippen molar-refractivity contribution in [3.8, 4) is 17.4 Å². The van der Waals surface area contributed by atoms with Crippen molar-refractivity contribution in [2.75, 3.05) is 7.11 Å². The molecule has 0 atom stereocenters. The number of nitrogens with zero attached hydrogens (tertiary/aromatic N) is 2. The number of methoxy groups -OCH3 is 1. The van der Waals surface area contributed by atoms with Gasteiger partial charge in [-0.1, -0.05) is 0 Å². The average molecular weight is 295 g/mol. The van der Waals surface area contributed by atoms with E-state index < -0.39 is 0 Å². The van der Waals surface area contributed by atoms with Gasteiger partial charge in [-0.25, -0.2) is 9.97 Å². The minimum absolute atomic E-state index is 0.497. The van der Waals surface area contributed by atoms with E-state index in [2.05, 4.69) is 25.9 Å². The maximum Gasteiger partial charge on any atom is 0.223 e. The summed E-state index contributed by atoms with van der Waals surface area (Å²) in [5.41, 5.74) is 1.01. The van der Waals surface area contributed by atoms with E-state index in [9.17, 15) is 0 Å². The van der Waals surface area contributed by atoms with Crippen LogP contribution in [-0.4, -0.2) is 17.1 Å². The van der Waals surface area contributed by atoms with Crippen LogP contribution in [0.1, 0.15) is 5.56 Å². The monoisotopic (exact) mass is 294 g/mol. The fraction of sp³-hybridized carbons (Fsp3) is 0.167. The predicted octanol–water partition coefficient (Wildman–Crippen LogP) is 3.35. The zero-order valence-corrected chi connectivity index (χ0v) is 11.1. The molecule has 0 amide bonds. The minimum Gasteiger partial charge on any atom is -0.496 e. The Morgan fingerprint density at radius 2 is 2.00 bits per heavy atom. The minimum atomic E-state index is 0.497. The van der Waals surface area contributed by atoms with E-state index in [0.29, 0.717) is 16.2 Å². The molecular weight excluding hydrogens is 284 g/mol. The van der Waals surface area contributed by atoms with Crippen molar-refractivity contribution in [1.82, 2.24) is 9.97 Å². The first-order valence-corrected chi connectivity index (χ1v) is 5.78. The van der Waals surface area contributed by atoms with Crippen LogP contribution in [0.4, 0.5) is 0 Å². The Morgan fingerprint density at radius 3 is 2.65 bits per heavy atom. The molecule has 0 bridgehead atoms. The lowest BCUT2D eigenvalue weighted by atomic mass is 10.2. The van der Waals surface area contributed by atoms with Crippen LogP contribution in [-0.2, 0) is 0 Å². The number of benzene rings is 1. The molecule has 17 heavy (non-hydrogen) atoms. The Morgan fingerprint density at radius 1 is 1.18 bits per heavy atom. The maximum atomic E-state index is 5.60. The van der Waals surface area contributed by atoms with Gasteiger partial charge in [0.15, 0.2) is 0 Å². The van der Waals surface area contributed by atoms with Crippen molar-refractivity contribution in [2.45, 2.75) is 6.92 Å². The van der Waals surface area contributed by atoms with Gasteiger partial charge in [-0.2, -0.15) is 0 Å². The number of ether oxygens (including phenoxy) is 2. The lowest BCUT2D eigenvalue weighted by Gasteiger charge is -2.08. The molecular formula is C12H11BrN2O2. The molecule has 4 nitrogen and oxygen atoms in total. The summed E-state index contributed by atoms with van der Waals surface area (Å²) in [5, 5.41) is 0. The molecule has 0 saturated heterocycles. The summed E-state index contributed by atoms with van der Waals surface area (Å²) in [6, 6.07) is 7.30. The van der Waals surface area contributed by atoms with Gasteiger partial charge < -0.3 is 9.47 Å². The fourth-order valence-corrected chi connectivity index (χ4v) is 1.70. The van der Waals surface area contributed by atoms with Crippen LogP contribution < -0.4 is 9.47 Å². The predicted molar refractivity (Wildman–Crippen MR) is 67.5 cm³/mol. The molecule has 0 aliphatic carbocycles. The van der Waals surface area contributed by atoms with E-state index in [0.717, 1.165) is 11.3 Å². The van der Waals surface area contributed by atoms with Gasteiger partial charge in [-0.15, -0.1) is 0 Å². The van der Waals surface area contributed by atoms with Gasteiger partial charge >= 0.3 is 0 Å². The van der Waals surface area contributed by atoms with Gasteiger partial charge in [0.05, 0.1) is 7.11 Å². The van der Waals surface area contributed by atoms with Crippen molar-refractivity contribution in [1.29, 1.82) is 0 Å². The lowest BCUT2D eigenvalue weighted by Crippen LogP contribution is -1.91. The number of aromatic nitrogens is 2. The van der Waals surface area contributed by atoms with Crippen LogP contribution in [0.15, 0.2) is 35.2 Å². The second kappa shape index (κ2) is 5.14. The Labute approximate surface area is 108 Å². The molecule has 1 heterocycles. The second-order valence-electron chi connectivity index (χ2n) is 3.41. The number of hydrogen-bond acceptors (Lipinski definition) is 4. The number of rotatable bonds is 3. The maximum absolute atomic E-state index is 5.60. The van der Waals surface area contributed by atoms with Gasteiger partial charge in [-0.05, 0) is 46.6 Å². The van der Waals surface area contributed by atoms with Crippen LogP contribution >= 0.6 is 15.9 Å². The molecule has 0 aliphatic heterocycles. The van der Waals surface area contributed by atoms with Crippen LogP contribution in [0.3, 0.4) is 0 Å². The SMILES string of the molecule is COc1ccc(Oc2cc(Br)ncn2)cc1C. The van der Waals surface area contributed by atoms with E-state index in [1.165, 1.54) is 6.33 Å². The summed E-state index contributed by atoms with van der Waals surface area (Å²) in [5.74, 6) is 2.05.